The number of carbonyl (C=O) groups excluding carboxylic acids is 3. The minimum Gasteiger partial charge on any atom is -0.356 e. The lowest BCUT2D eigenvalue weighted by atomic mass is 9.86. The molecule has 5 fully saturated rings. The Bertz CT molecular complexity index is 702. The molecule has 1 N–H and O–H groups in total. The molecule has 5 aliphatic rings. The van der Waals surface area contributed by atoms with Gasteiger partial charge >= 0.3 is 0 Å². The van der Waals surface area contributed by atoms with Crippen molar-refractivity contribution in [1.29, 1.82) is 0 Å². The molecule has 5 rings (SSSR count). The second-order valence-corrected chi connectivity index (χ2v) is 11.1. The lowest BCUT2D eigenvalue weighted by Crippen LogP contribution is -2.51. The van der Waals surface area contributed by atoms with Gasteiger partial charge in [0.15, 0.2) is 0 Å². The van der Waals surface area contributed by atoms with Crippen LogP contribution < -0.4 is 5.32 Å². The van der Waals surface area contributed by atoms with Crippen LogP contribution in [-0.2, 0) is 14.4 Å². The van der Waals surface area contributed by atoms with Crippen molar-refractivity contribution in [2.75, 3.05) is 32.7 Å². The summed E-state index contributed by atoms with van der Waals surface area (Å²) < 4.78 is 0. The van der Waals surface area contributed by atoms with Crippen LogP contribution in [0.1, 0.15) is 70.6 Å². The van der Waals surface area contributed by atoms with Gasteiger partial charge in [0.2, 0.25) is 17.7 Å². The molecule has 1 heterocycles. The van der Waals surface area contributed by atoms with Gasteiger partial charge in [0.25, 0.3) is 0 Å². The Kier molecular flexibility index (Phi) is 6.25. The van der Waals surface area contributed by atoms with E-state index in [2.05, 4.69) is 5.32 Å². The summed E-state index contributed by atoms with van der Waals surface area (Å²) in [4.78, 5) is 41.3. The molecule has 31 heavy (non-hydrogen) atoms. The van der Waals surface area contributed by atoms with Gasteiger partial charge in [-0.2, -0.15) is 0 Å². The van der Waals surface area contributed by atoms with E-state index >= 15 is 0 Å². The Labute approximate surface area is 186 Å². The minimum atomic E-state index is 0.0976. The first kappa shape index (κ1) is 21.3. The summed E-state index contributed by atoms with van der Waals surface area (Å²) in [6.07, 6.45) is 12.2. The monoisotopic (exact) mass is 429 g/mol. The fraction of sp³-hybridized carbons (Fsp3) is 0.880. The molecule has 4 aliphatic carbocycles. The number of nitrogens with one attached hydrogen (secondary N) is 1. The standard InChI is InChI=1S/C25H39N3O3/c29-23(15-21-13-17-1-3-19(21)11-17)26-6-5-24(30)27-7-9-28(10-8-27)25(31)16-22-14-18-2-4-20(22)12-18/h17-22H,1-16H2,(H,26,29)/t17-,18-,19-,20-,21-,22-/m0/s1. The van der Waals surface area contributed by atoms with E-state index in [9.17, 15) is 14.4 Å². The highest BCUT2D eigenvalue weighted by Crippen LogP contribution is 2.50. The molecule has 3 amide bonds. The largest absolute Gasteiger partial charge is 0.356 e. The summed E-state index contributed by atoms with van der Waals surface area (Å²) in [6.45, 7) is 2.99. The third-order valence-electron chi connectivity index (χ3n) is 9.30. The van der Waals surface area contributed by atoms with Crippen molar-refractivity contribution in [3.8, 4) is 0 Å². The van der Waals surface area contributed by atoms with Gasteiger partial charge in [-0.3, -0.25) is 14.4 Å². The van der Waals surface area contributed by atoms with Gasteiger partial charge in [0.1, 0.15) is 0 Å². The first-order chi connectivity index (χ1) is 15.0. The molecule has 0 unspecified atom stereocenters. The quantitative estimate of drug-likeness (QED) is 0.677. The van der Waals surface area contributed by atoms with E-state index in [-0.39, 0.29) is 17.7 Å². The van der Waals surface area contributed by atoms with E-state index in [1.165, 1.54) is 51.4 Å². The molecule has 1 aliphatic heterocycles. The first-order valence-corrected chi connectivity index (χ1v) is 12.9. The third-order valence-corrected chi connectivity index (χ3v) is 9.30. The minimum absolute atomic E-state index is 0.0976. The summed E-state index contributed by atoms with van der Waals surface area (Å²) in [5, 5.41) is 2.97. The maximum absolute atomic E-state index is 12.7. The maximum Gasteiger partial charge on any atom is 0.224 e. The van der Waals surface area contributed by atoms with Gasteiger partial charge < -0.3 is 15.1 Å². The third kappa shape index (κ3) is 4.78. The van der Waals surface area contributed by atoms with Crippen molar-refractivity contribution >= 4 is 17.7 Å². The van der Waals surface area contributed by atoms with Crippen LogP contribution in [0.25, 0.3) is 0 Å². The van der Waals surface area contributed by atoms with Crippen molar-refractivity contribution in [2.24, 2.45) is 35.5 Å². The Balaban J connectivity index is 0.967. The fourth-order valence-electron chi connectivity index (χ4n) is 7.59. The number of fused-ring (bicyclic) bond motifs is 4. The Hall–Kier alpha value is -1.59. The zero-order valence-electron chi connectivity index (χ0n) is 18.9. The highest BCUT2D eigenvalue weighted by atomic mass is 16.2. The molecule has 0 spiro atoms. The predicted octanol–water partition coefficient (Wildman–Crippen LogP) is 2.82. The second-order valence-electron chi connectivity index (χ2n) is 11.1. The van der Waals surface area contributed by atoms with Gasteiger partial charge in [-0.1, -0.05) is 12.8 Å². The Morgan fingerprint density at radius 1 is 0.677 bits per heavy atom. The van der Waals surface area contributed by atoms with Gasteiger partial charge in [0, 0.05) is 52.0 Å². The molecular weight excluding hydrogens is 390 g/mol. The lowest BCUT2D eigenvalue weighted by Gasteiger charge is -2.36. The van der Waals surface area contributed by atoms with Crippen LogP contribution in [0.3, 0.4) is 0 Å². The van der Waals surface area contributed by atoms with Crippen molar-refractivity contribution in [3.05, 3.63) is 0 Å². The molecule has 4 bridgehead atoms. The molecule has 172 valence electrons. The van der Waals surface area contributed by atoms with Crippen molar-refractivity contribution in [1.82, 2.24) is 15.1 Å². The van der Waals surface area contributed by atoms with Crippen LogP contribution >= 0.6 is 0 Å². The van der Waals surface area contributed by atoms with E-state index in [0.717, 1.165) is 23.7 Å². The number of nitrogens with zero attached hydrogens (tertiary/aromatic N) is 2. The van der Waals surface area contributed by atoms with E-state index in [1.807, 2.05) is 9.80 Å². The highest BCUT2D eigenvalue weighted by Gasteiger charge is 2.41. The Morgan fingerprint density at radius 2 is 1.23 bits per heavy atom. The summed E-state index contributed by atoms with van der Waals surface area (Å²) in [6, 6.07) is 0. The lowest BCUT2D eigenvalue weighted by molar-refractivity contribution is -0.140. The number of rotatable bonds is 7. The number of hydrogen-bond donors (Lipinski definition) is 1. The van der Waals surface area contributed by atoms with Crippen LogP contribution in [0.4, 0.5) is 0 Å². The molecular formula is C25H39N3O3. The van der Waals surface area contributed by atoms with E-state index < -0.39 is 0 Å². The normalized spacial score (nSPS) is 36.3. The zero-order chi connectivity index (χ0) is 21.4. The molecule has 6 nitrogen and oxygen atoms in total. The van der Waals surface area contributed by atoms with E-state index in [4.69, 9.17) is 0 Å². The zero-order valence-corrected chi connectivity index (χ0v) is 18.9. The number of carbonyl (C=O) groups is 3. The van der Waals surface area contributed by atoms with E-state index in [0.29, 0.717) is 63.8 Å². The second kappa shape index (κ2) is 9.11. The predicted molar refractivity (Wildman–Crippen MR) is 118 cm³/mol. The van der Waals surface area contributed by atoms with Crippen LogP contribution in [-0.4, -0.2) is 60.2 Å². The Morgan fingerprint density at radius 3 is 1.74 bits per heavy atom. The summed E-state index contributed by atoms with van der Waals surface area (Å²) in [5.41, 5.74) is 0. The SMILES string of the molecule is O=C(C[C@@H]1C[C@H]2CC[C@H]1C2)NCCC(=O)N1CCN(C(=O)C[C@@H]2C[C@H]3CC[C@H]2C3)CC1. The summed E-state index contributed by atoms with van der Waals surface area (Å²) >= 11 is 0. The summed E-state index contributed by atoms with van der Waals surface area (Å²) in [5.74, 6) is 4.97. The smallest absolute Gasteiger partial charge is 0.224 e. The van der Waals surface area contributed by atoms with Crippen molar-refractivity contribution < 1.29 is 14.4 Å². The van der Waals surface area contributed by atoms with Gasteiger partial charge in [-0.25, -0.2) is 0 Å². The fourth-order valence-corrected chi connectivity index (χ4v) is 7.59. The molecule has 0 aromatic heterocycles. The van der Waals surface area contributed by atoms with Gasteiger partial charge in [-0.15, -0.1) is 0 Å². The molecule has 0 aromatic rings. The highest BCUT2D eigenvalue weighted by molar-refractivity contribution is 5.80. The van der Waals surface area contributed by atoms with Crippen molar-refractivity contribution in [2.45, 2.75) is 70.6 Å². The average Bonchev–Trinajstić information content (AvgIpc) is 3.56. The van der Waals surface area contributed by atoms with E-state index in [1.54, 1.807) is 0 Å². The molecule has 0 aromatic carbocycles. The first-order valence-electron chi connectivity index (χ1n) is 12.9. The number of piperazine rings is 1. The van der Waals surface area contributed by atoms with Crippen LogP contribution in [0.5, 0.6) is 0 Å². The van der Waals surface area contributed by atoms with Gasteiger partial charge in [-0.05, 0) is 74.0 Å². The van der Waals surface area contributed by atoms with Gasteiger partial charge in [0.05, 0.1) is 0 Å². The topological polar surface area (TPSA) is 69.7 Å². The molecule has 1 saturated heterocycles. The van der Waals surface area contributed by atoms with Crippen molar-refractivity contribution in [3.63, 3.8) is 0 Å². The number of hydrogen-bond acceptors (Lipinski definition) is 3. The molecule has 4 saturated carbocycles. The van der Waals surface area contributed by atoms with Crippen LogP contribution in [0, 0.1) is 35.5 Å². The molecule has 6 heteroatoms. The number of amides is 3. The average molecular weight is 430 g/mol. The summed E-state index contributed by atoms with van der Waals surface area (Å²) in [7, 11) is 0. The van der Waals surface area contributed by atoms with Crippen LogP contribution in [0.2, 0.25) is 0 Å². The molecule has 0 radical (unpaired) electrons. The molecule has 6 atom stereocenters. The maximum atomic E-state index is 12.7. The van der Waals surface area contributed by atoms with Crippen LogP contribution in [0.15, 0.2) is 0 Å².